The molecule has 1 heterocycles. The van der Waals surface area contributed by atoms with Crippen LogP contribution >= 0.6 is 15.9 Å². The van der Waals surface area contributed by atoms with Crippen LogP contribution in [0.2, 0.25) is 0 Å². The van der Waals surface area contributed by atoms with Crippen LogP contribution in [0.5, 0.6) is 5.75 Å². The van der Waals surface area contributed by atoms with E-state index in [0.717, 1.165) is 4.47 Å². The van der Waals surface area contributed by atoms with Gasteiger partial charge in [-0.1, -0.05) is 22.0 Å². The van der Waals surface area contributed by atoms with Crippen LogP contribution in [-0.4, -0.2) is 27.7 Å². The van der Waals surface area contributed by atoms with Crippen LogP contribution < -0.4 is 15.6 Å². The van der Waals surface area contributed by atoms with Gasteiger partial charge in [0.15, 0.2) is 6.10 Å². The number of hydrazine groups is 1. The molecule has 0 saturated heterocycles. The van der Waals surface area contributed by atoms with E-state index in [4.69, 9.17) is 4.74 Å². The first-order valence-corrected chi connectivity index (χ1v) is 7.26. The monoisotopic (exact) mass is 366 g/mol. The van der Waals surface area contributed by atoms with Crippen LogP contribution in [0.15, 0.2) is 41.1 Å². The lowest BCUT2D eigenvalue weighted by Gasteiger charge is -2.15. The zero-order valence-electron chi connectivity index (χ0n) is 12.0. The van der Waals surface area contributed by atoms with Crippen LogP contribution in [-0.2, 0) is 11.8 Å². The second-order valence-electron chi connectivity index (χ2n) is 4.56. The van der Waals surface area contributed by atoms with E-state index in [1.807, 2.05) is 6.07 Å². The van der Waals surface area contributed by atoms with Gasteiger partial charge in [-0.15, -0.1) is 0 Å². The molecule has 2 rings (SSSR count). The molecule has 2 amide bonds. The number of amides is 2. The highest BCUT2D eigenvalue weighted by molar-refractivity contribution is 9.10. The Hall–Kier alpha value is -2.35. The van der Waals surface area contributed by atoms with Gasteiger partial charge in [0.25, 0.3) is 11.8 Å². The molecular weight excluding hydrogens is 352 g/mol. The van der Waals surface area contributed by atoms with Crippen molar-refractivity contribution in [3.05, 3.63) is 46.7 Å². The summed E-state index contributed by atoms with van der Waals surface area (Å²) in [4.78, 5) is 23.7. The van der Waals surface area contributed by atoms with Gasteiger partial charge < -0.3 is 4.74 Å². The number of aryl methyl sites for hydroxylation is 1. The minimum atomic E-state index is -0.761. The van der Waals surface area contributed by atoms with Crippen molar-refractivity contribution in [1.29, 1.82) is 0 Å². The number of hydrogen-bond donors (Lipinski definition) is 2. The fraction of sp³-hybridized carbons (Fsp3) is 0.214. The standard InChI is InChI=1S/C14H15BrN4O3/c1-9(22-12-5-3-4-11(15)6-12)13(20)17-18-14(21)10-7-16-19(2)8-10/h3-9H,1-2H3,(H,17,20)(H,18,21)/t9-/m1/s1. The number of carbonyl (C=O) groups is 2. The van der Waals surface area contributed by atoms with E-state index in [-0.39, 0.29) is 0 Å². The average molecular weight is 367 g/mol. The highest BCUT2D eigenvalue weighted by Crippen LogP contribution is 2.18. The quantitative estimate of drug-likeness (QED) is 0.801. The normalized spacial score (nSPS) is 11.6. The Balaban J connectivity index is 1.85. The number of halogens is 1. The summed E-state index contributed by atoms with van der Waals surface area (Å²) in [6.07, 6.45) is 2.19. The summed E-state index contributed by atoms with van der Waals surface area (Å²) in [5.41, 5.74) is 4.97. The highest BCUT2D eigenvalue weighted by Gasteiger charge is 2.16. The summed E-state index contributed by atoms with van der Waals surface area (Å²) in [6, 6.07) is 7.14. The topological polar surface area (TPSA) is 85.2 Å². The number of aromatic nitrogens is 2. The smallest absolute Gasteiger partial charge is 0.279 e. The van der Waals surface area contributed by atoms with E-state index in [1.54, 1.807) is 38.4 Å². The summed E-state index contributed by atoms with van der Waals surface area (Å²) in [5, 5.41) is 3.88. The van der Waals surface area contributed by atoms with Gasteiger partial charge in [0.1, 0.15) is 5.75 Å². The van der Waals surface area contributed by atoms with Gasteiger partial charge in [-0.3, -0.25) is 25.1 Å². The Labute approximate surface area is 135 Å². The molecule has 1 aromatic heterocycles. The van der Waals surface area contributed by atoms with Gasteiger partial charge in [0.2, 0.25) is 0 Å². The summed E-state index contributed by atoms with van der Waals surface area (Å²) in [5.74, 6) is -0.357. The summed E-state index contributed by atoms with van der Waals surface area (Å²) >= 11 is 3.32. The number of nitrogens with one attached hydrogen (secondary N) is 2. The molecular formula is C14H15BrN4O3. The molecule has 0 bridgehead atoms. The summed E-state index contributed by atoms with van der Waals surface area (Å²) < 4.78 is 7.83. The Morgan fingerprint density at radius 2 is 2.14 bits per heavy atom. The molecule has 1 aromatic carbocycles. The molecule has 0 aliphatic carbocycles. The first kappa shape index (κ1) is 16.0. The third kappa shape index (κ3) is 4.32. The molecule has 0 saturated carbocycles. The van der Waals surface area contributed by atoms with E-state index in [9.17, 15) is 9.59 Å². The van der Waals surface area contributed by atoms with E-state index < -0.39 is 17.9 Å². The van der Waals surface area contributed by atoms with Crippen molar-refractivity contribution in [3.8, 4) is 5.75 Å². The van der Waals surface area contributed by atoms with Crippen LogP contribution in [0, 0.1) is 0 Å². The molecule has 0 aliphatic rings. The Morgan fingerprint density at radius 1 is 1.36 bits per heavy atom. The van der Waals surface area contributed by atoms with Crippen LogP contribution in [0.25, 0.3) is 0 Å². The molecule has 0 radical (unpaired) electrons. The maximum Gasteiger partial charge on any atom is 0.279 e. The van der Waals surface area contributed by atoms with E-state index in [1.165, 1.54) is 10.9 Å². The third-order valence-electron chi connectivity index (χ3n) is 2.74. The number of rotatable bonds is 4. The minimum Gasteiger partial charge on any atom is -0.481 e. The number of benzene rings is 1. The van der Waals surface area contributed by atoms with Gasteiger partial charge in [0.05, 0.1) is 11.8 Å². The first-order valence-electron chi connectivity index (χ1n) is 6.47. The molecule has 0 aliphatic heterocycles. The Kier molecular flexibility index (Phi) is 5.16. The second kappa shape index (κ2) is 7.08. The minimum absolute atomic E-state index is 0.350. The zero-order valence-corrected chi connectivity index (χ0v) is 13.6. The molecule has 7 nitrogen and oxygen atoms in total. The first-order chi connectivity index (χ1) is 10.5. The second-order valence-corrected chi connectivity index (χ2v) is 5.48. The van der Waals surface area contributed by atoms with E-state index in [2.05, 4.69) is 31.9 Å². The van der Waals surface area contributed by atoms with Crippen molar-refractivity contribution < 1.29 is 14.3 Å². The van der Waals surface area contributed by atoms with E-state index in [0.29, 0.717) is 11.3 Å². The number of carbonyl (C=O) groups excluding carboxylic acids is 2. The molecule has 0 spiro atoms. The number of hydrogen-bond acceptors (Lipinski definition) is 4. The molecule has 8 heteroatoms. The highest BCUT2D eigenvalue weighted by atomic mass is 79.9. The van der Waals surface area contributed by atoms with Crippen molar-refractivity contribution in [2.45, 2.75) is 13.0 Å². The third-order valence-corrected chi connectivity index (χ3v) is 3.24. The lowest BCUT2D eigenvalue weighted by Crippen LogP contribution is -2.47. The maximum absolute atomic E-state index is 11.9. The van der Waals surface area contributed by atoms with Gasteiger partial charge in [-0.25, -0.2) is 0 Å². The SMILES string of the molecule is C[C@@H](Oc1cccc(Br)c1)C(=O)NNC(=O)c1cnn(C)c1. The van der Waals surface area contributed by atoms with Gasteiger partial charge >= 0.3 is 0 Å². The van der Waals surface area contributed by atoms with Crippen molar-refractivity contribution >= 4 is 27.7 Å². The van der Waals surface area contributed by atoms with Crippen molar-refractivity contribution in [1.82, 2.24) is 20.6 Å². The predicted octanol–water partition coefficient (Wildman–Crippen LogP) is 1.41. The Bertz CT molecular complexity index is 686. The van der Waals surface area contributed by atoms with Gasteiger partial charge in [-0.05, 0) is 25.1 Å². The summed E-state index contributed by atoms with van der Waals surface area (Å²) in [7, 11) is 1.70. The lowest BCUT2D eigenvalue weighted by atomic mass is 10.3. The largest absolute Gasteiger partial charge is 0.481 e. The Morgan fingerprint density at radius 3 is 2.77 bits per heavy atom. The summed E-state index contributed by atoms with van der Waals surface area (Å²) in [6.45, 7) is 1.59. The molecule has 0 unspecified atom stereocenters. The van der Waals surface area contributed by atoms with Gasteiger partial charge in [0, 0.05) is 17.7 Å². The van der Waals surface area contributed by atoms with Crippen LogP contribution in [0.1, 0.15) is 17.3 Å². The average Bonchev–Trinajstić information content (AvgIpc) is 2.91. The molecule has 1 atom stereocenters. The molecule has 2 N–H and O–H groups in total. The van der Waals surface area contributed by atoms with Crippen LogP contribution in [0.4, 0.5) is 0 Å². The fourth-order valence-electron chi connectivity index (χ4n) is 1.63. The number of nitrogens with zero attached hydrogens (tertiary/aromatic N) is 2. The molecule has 22 heavy (non-hydrogen) atoms. The molecule has 2 aromatic rings. The number of ether oxygens (including phenoxy) is 1. The van der Waals surface area contributed by atoms with Crippen LogP contribution in [0.3, 0.4) is 0 Å². The predicted molar refractivity (Wildman–Crippen MR) is 83.0 cm³/mol. The van der Waals surface area contributed by atoms with Crippen molar-refractivity contribution in [2.24, 2.45) is 7.05 Å². The van der Waals surface area contributed by atoms with Crippen molar-refractivity contribution in [3.63, 3.8) is 0 Å². The molecule has 116 valence electrons. The van der Waals surface area contributed by atoms with E-state index >= 15 is 0 Å². The fourth-order valence-corrected chi connectivity index (χ4v) is 2.01. The zero-order chi connectivity index (χ0) is 16.1. The van der Waals surface area contributed by atoms with Crippen molar-refractivity contribution in [2.75, 3.05) is 0 Å². The lowest BCUT2D eigenvalue weighted by molar-refractivity contribution is -0.128. The maximum atomic E-state index is 11.9. The van der Waals surface area contributed by atoms with Gasteiger partial charge in [-0.2, -0.15) is 5.10 Å². The molecule has 0 fully saturated rings.